The van der Waals surface area contributed by atoms with Gasteiger partial charge in [-0.25, -0.2) is 5.43 Å². The minimum Gasteiger partial charge on any atom is -0.494 e. The summed E-state index contributed by atoms with van der Waals surface area (Å²) in [6, 6.07) is 13.7. The van der Waals surface area contributed by atoms with Gasteiger partial charge < -0.3 is 4.74 Å². The van der Waals surface area contributed by atoms with Crippen LogP contribution < -0.4 is 10.2 Å². The predicted octanol–water partition coefficient (Wildman–Crippen LogP) is 3.79. The number of hydrazone groups is 1. The molecule has 2 aromatic rings. The van der Waals surface area contributed by atoms with Gasteiger partial charge in [-0.3, -0.25) is 4.79 Å². The first-order chi connectivity index (χ1) is 11.6. The summed E-state index contributed by atoms with van der Waals surface area (Å²) in [4.78, 5) is 12.0. The van der Waals surface area contributed by atoms with Crippen LogP contribution in [0.4, 0.5) is 0 Å². The number of carbonyl (C=O) groups is 1. The summed E-state index contributed by atoms with van der Waals surface area (Å²) >= 11 is 0. The Hall–Kier alpha value is -2.62. The molecule has 0 atom stereocenters. The third-order valence-corrected chi connectivity index (χ3v) is 3.60. The quantitative estimate of drug-likeness (QED) is 0.622. The Kier molecular flexibility index (Phi) is 6.55. The molecule has 0 spiro atoms. The zero-order chi connectivity index (χ0) is 17.4. The first-order valence-corrected chi connectivity index (χ1v) is 8.19. The molecule has 0 aliphatic rings. The molecular weight excluding hydrogens is 300 g/mol. The largest absolute Gasteiger partial charge is 0.494 e. The number of amides is 1. The number of hydrogen-bond acceptors (Lipinski definition) is 3. The highest BCUT2D eigenvalue weighted by atomic mass is 16.5. The summed E-state index contributed by atoms with van der Waals surface area (Å²) in [6.07, 6.45) is 2.94. The minimum absolute atomic E-state index is 0.124. The van der Waals surface area contributed by atoms with Crippen molar-refractivity contribution in [2.45, 2.75) is 33.6 Å². The molecule has 4 nitrogen and oxygen atoms in total. The van der Waals surface area contributed by atoms with E-state index in [9.17, 15) is 4.79 Å². The standard InChI is InChI=1S/C20H24N2O2/c1-4-11-24-19-9-6-17(7-10-19)14-21-22-20(23)13-18-8-5-15(2)12-16(18)3/h5-10,12,14H,4,11,13H2,1-3H3,(H,22,23)/b21-14-. The van der Waals surface area contributed by atoms with Crippen molar-refractivity contribution in [1.29, 1.82) is 0 Å². The molecule has 0 aliphatic heterocycles. The fourth-order valence-electron chi connectivity index (χ4n) is 2.31. The van der Waals surface area contributed by atoms with Gasteiger partial charge in [-0.2, -0.15) is 5.10 Å². The van der Waals surface area contributed by atoms with E-state index in [4.69, 9.17) is 4.74 Å². The van der Waals surface area contributed by atoms with Gasteiger partial charge in [-0.15, -0.1) is 0 Å². The van der Waals surface area contributed by atoms with Crippen LogP contribution in [0.15, 0.2) is 47.6 Å². The molecule has 1 N–H and O–H groups in total. The number of hydrogen-bond donors (Lipinski definition) is 1. The number of nitrogens with zero attached hydrogens (tertiary/aromatic N) is 1. The predicted molar refractivity (Wildman–Crippen MR) is 97.6 cm³/mol. The number of aryl methyl sites for hydroxylation is 2. The van der Waals surface area contributed by atoms with Crippen molar-refractivity contribution in [1.82, 2.24) is 5.43 Å². The SMILES string of the molecule is CCCOc1ccc(/C=N\NC(=O)Cc2ccc(C)cc2C)cc1. The first kappa shape index (κ1) is 17.7. The monoisotopic (exact) mass is 324 g/mol. The molecule has 1 amide bonds. The second-order valence-corrected chi connectivity index (χ2v) is 5.82. The summed E-state index contributed by atoms with van der Waals surface area (Å²) in [5, 5.41) is 4.01. The van der Waals surface area contributed by atoms with Gasteiger partial charge in [0.1, 0.15) is 5.75 Å². The molecule has 126 valence electrons. The maximum atomic E-state index is 12.0. The van der Waals surface area contributed by atoms with Crippen molar-refractivity contribution in [3.63, 3.8) is 0 Å². The van der Waals surface area contributed by atoms with Crippen molar-refractivity contribution < 1.29 is 9.53 Å². The highest BCUT2D eigenvalue weighted by Crippen LogP contribution is 2.12. The Bertz CT molecular complexity index is 706. The van der Waals surface area contributed by atoms with Gasteiger partial charge in [0.05, 0.1) is 19.2 Å². The Morgan fingerprint density at radius 2 is 1.92 bits per heavy atom. The molecule has 0 unspecified atom stereocenters. The molecule has 2 rings (SSSR count). The number of rotatable bonds is 7. The fraction of sp³-hybridized carbons (Fsp3) is 0.300. The molecule has 4 heteroatoms. The van der Waals surface area contributed by atoms with Crippen LogP contribution in [0.25, 0.3) is 0 Å². The van der Waals surface area contributed by atoms with Gasteiger partial charge in [-0.05, 0) is 61.2 Å². The van der Waals surface area contributed by atoms with Gasteiger partial charge in [0, 0.05) is 0 Å². The average Bonchev–Trinajstić information content (AvgIpc) is 2.57. The molecule has 0 bridgehead atoms. The van der Waals surface area contributed by atoms with E-state index < -0.39 is 0 Å². The van der Waals surface area contributed by atoms with Crippen LogP contribution >= 0.6 is 0 Å². The van der Waals surface area contributed by atoms with Crippen LogP contribution in [-0.4, -0.2) is 18.7 Å². The van der Waals surface area contributed by atoms with E-state index in [-0.39, 0.29) is 5.91 Å². The van der Waals surface area contributed by atoms with Crippen LogP contribution in [0.3, 0.4) is 0 Å². The summed E-state index contributed by atoms with van der Waals surface area (Å²) in [5.41, 5.74) is 6.81. The first-order valence-electron chi connectivity index (χ1n) is 8.19. The van der Waals surface area contributed by atoms with Gasteiger partial charge in [-0.1, -0.05) is 30.7 Å². The molecule has 0 saturated heterocycles. The number of benzene rings is 2. The average molecular weight is 324 g/mol. The molecule has 2 aromatic carbocycles. The van der Waals surface area contributed by atoms with Crippen molar-refractivity contribution >= 4 is 12.1 Å². The topological polar surface area (TPSA) is 50.7 Å². The molecule has 0 fully saturated rings. The van der Waals surface area contributed by atoms with E-state index in [2.05, 4.69) is 23.5 Å². The number of nitrogens with one attached hydrogen (secondary N) is 1. The molecule has 24 heavy (non-hydrogen) atoms. The molecule has 0 aromatic heterocycles. The van der Waals surface area contributed by atoms with Gasteiger partial charge in [0.15, 0.2) is 0 Å². The molecule has 0 heterocycles. The molecule has 0 saturated carbocycles. The van der Waals surface area contributed by atoms with E-state index in [0.29, 0.717) is 13.0 Å². The lowest BCUT2D eigenvalue weighted by molar-refractivity contribution is -0.120. The Labute approximate surface area is 143 Å². The van der Waals surface area contributed by atoms with Crippen LogP contribution in [-0.2, 0) is 11.2 Å². The Morgan fingerprint density at radius 1 is 1.17 bits per heavy atom. The lowest BCUT2D eigenvalue weighted by atomic mass is 10.0. The summed E-state index contributed by atoms with van der Waals surface area (Å²) in [7, 11) is 0. The zero-order valence-corrected chi connectivity index (χ0v) is 14.5. The van der Waals surface area contributed by atoms with Crippen molar-refractivity contribution in [2.24, 2.45) is 5.10 Å². The number of carbonyl (C=O) groups excluding carboxylic acids is 1. The van der Waals surface area contributed by atoms with Crippen molar-refractivity contribution in [2.75, 3.05) is 6.61 Å². The van der Waals surface area contributed by atoms with Gasteiger partial charge in [0.25, 0.3) is 0 Å². The van der Waals surface area contributed by atoms with Crippen LogP contribution in [0.2, 0.25) is 0 Å². The normalized spacial score (nSPS) is 10.8. The summed E-state index contributed by atoms with van der Waals surface area (Å²) in [6.45, 7) is 6.84. The van der Waals surface area contributed by atoms with Gasteiger partial charge in [0.2, 0.25) is 5.91 Å². The van der Waals surface area contributed by atoms with Crippen LogP contribution in [0.5, 0.6) is 5.75 Å². The third-order valence-electron chi connectivity index (χ3n) is 3.60. The van der Waals surface area contributed by atoms with E-state index in [1.165, 1.54) is 5.56 Å². The second-order valence-electron chi connectivity index (χ2n) is 5.82. The summed E-state index contributed by atoms with van der Waals surface area (Å²) in [5.74, 6) is 0.717. The smallest absolute Gasteiger partial charge is 0.244 e. The lowest BCUT2D eigenvalue weighted by Crippen LogP contribution is -2.20. The molecule has 0 radical (unpaired) electrons. The van der Waals surface area contributed by atoms with Crippen molar-refractivity contribution in [3.8, 4) is 5.75 Å². The van der Waals surface area contributed by atoms with E-state index in [1.807, 2.05) is 50.2 Å². The number of ether oxygens (including phenoxy) is 1. The van der Waals surface area contributed by atoms with Crippen LogP contribution in [0.1, 0.15) is 35.6 Å². The van der Waals surface area contributed by atoms with E-state index in [1.54, 1.807) is 6.21 Å². The highest BCUT2D eigenvalue weighted by Gasteiger charge is 2.05. The Balaban J connectivity index is 1.85. The third kappa shape index (κ3) is 5.54. The van der Waals surface area contributed by atoms with E-state index in [0.717, 1.165) is 28.9 Å². The van der Waals surface area contributed by atoms with E-state index >= 15 is 0 Å². The van der Waals surface area contributed by atoms with Crippen LogP contribution in [0, 0.1) is 13.8 Å². The summed E-state index contributed by atoms with van der Waals surface area (Å²) < 4.78 is 5.52. The highest BCUT2D eigenvalue weighted by molar-refractivity contribution is 5.83. The Morgan fingerprint density at radius 3 is 2.58 bits per heavy atom. The van der Waals surface area contributed by atoms with Gasteiger partial charge >= 0.3 is 0 Å². The molecule has 0 aliphatic carbocycles. The maximum Gasteiger partial charge on any atom is 0.244 e. The fourth-order valence-corrected chi connectivity index (χ4v) is 2.31. The lowest BCUT2D eigenvalue weighted by Gasteiger charge is -2.06. The minimum atomic E-state index is -0.124. The zero-order valence-electron chi connectivity index (χ0n) is 14.5. The van der Waals surface area contributed by atoms with Crippen molar-refractivity contribution in [3.05, 3.63) is 64.7 Å². The maximum absolute atomic E-state index is 12.0. The molecular formula is C20H24N2O2. The second kappa shape index (κ2) is 8.87.